The first kappa shape index (κ1) is 17.4. The van der Waals surface area contributed by atoms with Crippen molar-refractivity contribution in [2.75, 3.05) is 50.5 Å². The zero-order chi connectivity index (χ0) is 17.6. The summed E-state index contributed by atoms with van der Waals surface area (Å²) < 4.78 is 0. The molecule has 2 aromatic rings. The molecule has 0 bridgehead atoms. The third-order valence-electron chi connectivity index (χ3n) is 4.50. The molecule has 1 saturated heterocycles. The van der Waals surface area contributed by atoms with Crippen LogP contribution in [0.2, 0.25) is 0 Å². The summed E-state index contributed by atoms with van der Waals surface area (Å²) in [5, 5.41) is 3.44. The average Bonchev–Trinajstić information content (AvgIpc) is 2.63. The van der Waals surface area contributed by atoms with Gasteiger partial charge in [-0.25, -0.2) is 9.97 Å². The molecule has 1 aliphatic heterocycles. The van der Waals surface area contributed by atoms with Crippen LogP contribution in [0.3, 0.4) is 0 Å². The van der Waals surface area contributed by atoms with Crippen molar-refractivity contribution in [2.45, 2.75) is 13.5 Å². The van der Waals surface area contributed by atoms with Gasteiger partial charge >= 0.3 is 0 Å². The lowest BCUT2D eigenvalue weighted by atomic mass is 10.1. The quantitative estimate of drug-likeness (QED) is 0.847. The SMILES string of the molecule is CN=Cc1c(NCc2ccc(C)cc2)ncnc1N1CCN(C)CC1. The van der Waals surface area contributed by atoms with Crippen molar-refractivity contribution in [1.82, 2.24) is 14.9 Å². The summed E-state index contributed by atoms with van der Waals surface area (Å²) in [5.74, 6) is 1.79. The maximum atomic E-state index is 4.54. The molecule has 1 aromatic heterocycles. The van der Waals surface area contributed by atoms with Gasteiger partial charge in [0.25, 0.3) is 0 Å². The van der Waals surface area contributed by atoms with Gasteiger partial charge in [-0.3, -0.25) is 4.99 Å². The molecule has 132 valence electrons. The minimum Gasteiger partial charge on any atom is -0.365 e. The number of likely N-dealkylation sites (N-methyl/N-ethyl adjacent to an activating group) is 1. The Morgan fingerprint density at radius 3 is 2.52 bits per heavy atom. The fraction of sp³-hybridized carbons (Fsp3) is 0.421. The van der Waals surface area contributed by atoms with Crippen LogP contribution in [0, 0.1) is 6.92 Å². The van der Waals surface area contributed by atoms with E-state index in [0.29, 0.717) is 0 Å². The van der Waals surface area contributed by atoms with Gasteiger partial charge in [0.2, 0.25) is 0 Å². The van der Waals surface area contributed by atoms with E-state index in [-0.39, 0.29) is 0 Å². The van der Waals surface area contributed by atoms with Crippen molar-refractivity contribution in [3.63, 3.8) is 0 Å². The number of hydrogen-bond donors (Lipinski definition) is 1. The van der Waals surface area contributed by atoms with Crippen molar-refractivity contribution in [3.05, 3.63) is 47.3 Å². The van der Waals surface area contributed by atoms with Crippen molar-refractivity contribution in [1.29, 1.82) is 0 Å². The standard InChI is InChI=1S/C19H26N6/c1-15-4-6-16(7-5-15)12-21-18-17(13-20-2)19(23-14-22-18)25-10-8-24(3)9-11-25/h4-7,13-14H,8-12H2,1-3H3,(H,21,22,23). The van der Waals surface area contributed by atoms with Gasteiger partial charge in [-0.1, -0.05) is 29.8 Å². The number of rotatable bonds is 5. The van der Waals surface area contributed by atoms with E-state index >= 15 is 0 Å². The van der Waals surface area contributed by atoms with Gasteiger partial charge in [0, 0.05) is 46.0 Å². The largest absolute Gasteiger partial charge is 0.365 e. The minimum absolute atomic E-state index is 0.726. The smallest absolute Gasteiger partial charge is 0.143 e. The molecule has 0 atom stereocenters. The number of aryl methyl sites for hydroxylation is 1. The third kappa shape index (κ3) is 4.33. The zero-order valence-corrected chi connectivity index (χ0v) is 15.2. The Morgan fingerprint density at radius 1 is 1.12 bits per heavy atom. The van der Waals surface area contributed by atoms with Gasteiger partial charge in [0.15, 0.2) is 0 Å². The Hall–Kier alpha value is -2.47. The molecule has 0 unspecified atom stereocenters. The maximum absolute atomic E-state index is 4.54. The first-order valence-electron chi connectivity index (χ1n) is 8.67. The molecule has 0 spiro atoms. The van der Waals surface area contributed by atoms with Crippen molar-refractivity contribution in [2.24, 2.45) is 4.99 Å². The number of aromatic nitrogens is 2. The molecular weight excluding hydrogens is 312 g/mol. The van der Waals surface area contributed by atoms with Crippen LogP contribution in [0.1, 0.15) is 16.7 Å². The van der Waals surface area contributed by atoms with E-state index in [0.717, 1.165) is 49.9 Å². The predicted octanol–water partition coefficient (Wildman–Crippen LogP) is 2.20. The molecular formula is C19H26N6. The monoisotopic (exact) mass is 338 g/mol. The lowest BCUT2D eigenvalue weighted by molar-refractivity contribution is 0.312. The highest BCUT2D eigenvalue weighted by atomic mass is 15.3. The number of nitrogens with one attached hydrogen (secondary N) is 1. The topological polar surface area (TPSA) is 56.7 Å². The third-order valence-corrected chi connectivity index (χ3v) is 4.50. The number of nitrogens with zero attached hydrogens (tertiary/aromatic N) is 5. The average molecular weight is 338 g/mol. The van der Waals surface area contributed by atoms with Crippen molar-refractivity contribution >= 4 is 17.9 Å². The summed E-state index contributed by atoms with van der Waals surface area (Å²) >= 11 is 0. The van der Waals surface area contributed by atoms with Crippen LogP contribution in [0.15, 0.2) is 35.6 Å². The summed E-state index contributed by atoms with van der Waals surface area (Å²) in [5.41, 5.74) is 3.45. The molecule has 1 aliphatic rings. The van der Waals surface area contributed by atoms with Gasteiger partial charge < -0.3 is 15.1 Å². The number of aliphatic imine (C=N–C) groups is 1. The van der Waals surface area contributed by atoms with E-state index in [1.54, 1.807) is 13.4 Å². The summed E-state index contributed by atoms with van der Waals surface area (Å²) in [7, 11) is 3.94. The van der Waals surface area contributed by atoms with Gasteiger partial charge in [0.05, 0.1) is 5.56 Å². The fourth-order valence-electron chi connectivity index (χ4n) is 2.94. The Kier molecular flexibility index (Phi) is 5.60. The van der Waals surface area contributed by atoms with Gasteiger partial charge in [-0.15, -0.1) is 0 Å². The zero-order valence-electron chi connectivity index (χ0n) is 15.2. The molecule has 1 N–H and O–H groups in total. The summed E-state index contributed by atoms with van der Waals surface area (Å²) in [4.78, 5) is 17.9. The molecule has 6 nitrogen and oxygen atoms in total. The first-order valence-corrected chi connectivity index (χ1v) is 8.67. The van der Waals surface area contributed by atoms with Crippen LogP contribution >= 0.6 is 0 Å². The van der Waals surface area contributed by atoms with Gasteiger partial charge in [0.1, 0.15) is 18.0 Å². The highest BCUT2D eigenvalue weighted by Crippen LogP contribution is 2.23. The summed E-state index contributed by atoms with van der Waals surface area (Å²) in [6, 6.07) is 8.53. The number of anilines is 2. The lowest BCUT2D eigenvalue weighted by Gasteiger charge is -2.34. The van der Waals surface area contributed by atoms with E-state index in [1.807, 2.05) is 6.21 Å². The van der Waals surface area contributed by atoms with Crippen LogP contribution in [-0.2, 0) is 6.54 Å². The summed E-state index contributed by atoms with van der Waals surface area (Å²) in [6.45, 7) is 6.84. The molecule has 1 aromatic carbocycles. The predicted molar refractivity (Wildman–Crippen MR) is 104 cm³/mol. The number of hydrogen-bond acceptors (Lipinski definition) is 6. The van der Waals surface area contributed by atoms with Crippen LogP contribution < -0.4 is 10.2 Å². The van der Waals surface area contributed by atoms with Crippen LogP contribution in [0.25, 0.3) is 0 Å². The van der Waals surface area contributed by atoms with E-state index in [1.165, 1.54) is 11.1 Å². The molecule has 0 radical (unpaired) electrons. The second kappa shape index (κ2) is 8.07. The van der Waals surface area contributed by atoms with Crippen molar-refractivity contribution < 1.29 is 0 Å². The highest BCUT2D eigenvalue weighted by Gasteiger charge is 2.20. The number of piperazine rings is 1. The van der Waals surface area contributed by atoms with Gasteiger partial charge in [-0.2, -0.15) is 0 Å². The first-order chi connectivity index (χ1) is 12.2. The molecule has 0 saturated carbocycles. The normalized spacial score (nSPS) is 15.7. The molecule has 1 fully saturated rings. The van der Waals surface area contributed by atoms with Crippen LogP contribution in [0.4, 0.5) is 11.6 Å². The van der Waals surface area contributed by atoms with E-state index in [9.17, 15) is 0 Å². The maximum Gasteiger partial charge on any atom is 0.143 e. The molecule has 0 amide bonds. The van der Waals surface area contributed by atoms with Crippen LogP contribution in [-0.4, -0.2) is 61.4 Å². The molecule has 3 rings (SSSR count). The fourth-order valence-corrected chi connectivity index (χ4v) is 2.94. The second-order valence-corrected chi connectivity index (χ2v) is 6.48. The van der Waals surface area contributed by atoms with Crippen LogP contribution in [0.5, 0.6) is 0 Å². The Labute approximate surface area is 149 Å². The van der Waals surface area contributed by atoms with E-state index in [4.69, 9.17) is 0 Å². The highest BCUT2D eigenvalue weighted by molar-refractivity contribution is 5.92. The number of benzene rings is 1. The molecule has 6 heteroatoms. The van der Waals surface area contributed by atoms with Crippen molar-refractivity contribution in [3.8, 4) is 0 Å². The second-order valence-electron chi connectivity index (χ2n) is 6.48. The Bertz CT molecular complexity index is 717. The van der Waals surface area contributed by atoms with Gasteiger partial charge in [-0.05, 0) is 19.5 Å². The molecule has 2 heterocycles. The van der Waals surface area contributed by atoms with E-state index < -0.39 is 0 Å². The Balaban J connectivity index is 1.81. The molecule has 0 aliphatic carbocycles. The Morgan fingerprint density at radius 2 is 1.84 bits per heavy atom. The molecule has 25 heavy (non-hydrogen) atoms. The van der Waals surface area contributed by atoms with E-state index in [2.05, 4.69) is 68.3 Å². The lowest BCUT2D eigenvalue weighted by Crippen LogP contribution is -2.45. The minimum atomic E-state index is 0.726. The summed E-state index contributed by atoms with van der Waals surface area (Å²) in [6.07, 6.45) is 3.49.